The van der Waals surface area contributed by atoms with E-state index < -0.39 is 0 Å². The van der Waals surface area contributed by atoms with Crippen LogP contribution in [0.1, 0.15) is 81.7 Å². The van der Waals surface area contributed by atoms with Gasteiger partial charge in [0.2, 0.25) is 0 Å². The van der Waals surface area contributed by atoms with Crippen molar-refractivity contribution in [2.75, 3.05) is 14.2 Å². The Morgan fingerprint density at radius 2 is 0.357 bits per heavy atom. The Balaban J connectivity index is -0.000000000364. The second kappa shape index (κ2) is 2010. The van der Waals surface area contributed by atoms with Crippen LogP contribution in [-0.2, 0) is 4.74 Å². The molecule has 0 rings (SSSR count). The van der Waals surface area contributed by atoms with E-state index in [1.165, 1.54) is 0 Å². The Hall–Kier alpha value is -0.0400. The van der Waals surface area contributed by atoms with Crippen molar-refractivity contribution in [3.8, 4) is 0 Å². The van der Waals surface area contributed by atoms with E-state index in [4.69, 9.17) is 0 Å². The van der Waals surface area contributed by atoms with Crippen molar-refractivity contribution in [3.63, 3.8) is 0 Å². The van der Waals surface area contributed by atoms with Crippen LogP contribution in [0.5, 0.6) is 0 Å². The highest BCUT2D eigenvalue weighted by molar-refractivity contribution is 3.56. The molecule has 0 aromatic heterocycles. The molecular weight excluding hydrogens is 172 g/mol. The summed E-state index contributed by atoms with van der Waals surface area (Å²) >= 11 is 0. The minimum atomic E-state index is 0. The summed E-state index contributed by atoms with van der Waals surface area (Å²) in [6, 6.07) is 0. The van der Waals surface area contributed by atoms with Crippen LogP contribution in [0.25, 0.3) is 0 Å². The first-order chi connectivity index (χ1) is 1.41. The fourth-order valence-electron chi connectivity index (χ4n) is 0. The van der Waals surface area contributed by atoms with Crippen molar-refractivity contribution in [1.29, 1.82) is 0 Å². The summed E-state index contributed by atoms with van der Waals surface area (Å²) in [5.74, 6) is 0. The zero-order chi connectivity index (χ0) is 2.71. The molecule has 0 aliphatic rings. The first-order valence-corrected chi connectivity index (χ1v) is 0.816. The lowest BCUT2D eigenvalue weighted by molar-refractivity contribution is 0.277. The average molecular weight is 223 g/mol. The fourth-order valence-corrected chi connectivity index (χ4v) is 0. The van der Waals surface area contributed by atoms with Gasteiger partial charge in [-0.3, -0.25) is 0 Å². The highest BCUT2D eigenvalue weighted by atomic mass is 16.4. The molecule has 0 unspecified atom stereocenters. The third kappa shape index (κ3) is 898000. The van der Waals surface area contributed by atoms with Gasteiger partial charge in [-0.25, -0.2) is 0 Å². The molecular formula is C13H50O. The summed E-state index contributed by atoms with van der Waals surface area (Å²) in [7, 11) is 3.25. The highest BCUT2D eigenvalue weighted by Gasteiger charge is 1.25. The van der Waals surface area contributed by atoms with Gasteiger partial charge in [-0.1, -0.05) is 81.7 Å². The van der Waals surface area contributed by atoms with Crippen LogP contribution >= 0.6 is 0 Å². The van der Waals surface area contributed by atoms with Gasteiger partial charge < -0.3 is 4.74 Å². The van der Waals surface area contributed by atoms with E-state index in [-0.39, 0.29) is 81.7 Å². The second-order valence-corrected chi connectivity index (χ2v) is 0.408. The second-order valence-electron chi connectivity index (χ2n) is 0.408. The molecule has 0 amide bonds. The summed E-state index contributed by atoms with van der Waals surface area (Å²) in [4.78, 5) is 0. The Labute approximate surface area is 101 Å². The van der Waals surface area contributed by atoms with Crippen molar-refractivity contribution < 1.29 is 4.74 Å². The molecule has 0 fully saturated rings. The Morgan fingerprint density at radius 3 is 0.357 bits per heavy atom. The quantitative estimate of drug-likeness (QED) is 0.419. The van der Waals surface area contributed by atoms with E-state index in [2.05, 4.69) is 4.74 Å². The van der Waals surface area contributed by atoms with E-state index in [0.717, 1.165) is 0 Å². The van der Waals surface area contributed by atoms with E-state index in [1.54, 1.807) is 14.2 Å². The number of methoxy groups -OCH3 is 1. The van der Waals surface area contributed by atoms with Crippen molar-refractivity contribution in [2.45, 2.75) is 81.7 Å². The smallest absolute Gasteiger partial charge is 0.0351 e. The monoisotopic (exact) mass is 222 g/mol. The van der Waals surface area contributed by atoms with Crippen molar-refractivity contribution in [3.05, 3.63) is 0 Å². The topological polar surface area (TPSA) is 9.23 Å². The van der Waals surface area contributed by atoms with E-state index in [9.17, 15) is 0 Å². The van der Waals surface area contributed by atoms with Crippen LogP contribution in [0.3, 0.4) is 0 Å². The summed E-state index contributed by atoms with van der Waals surface area (Å²) in [6.07, 6.45) is 0. The Bertz CT molecular complexity index is 5.20. The maximum Gasteiger partial charge on any atom is 0.0351 e. The van der Waals surface area contributed by atoms with Crippen molar-refractivity contribution in [1.82, 2.24) is 0 Å². The Morgan fingerprint density at radius 1 is 0.357 bits per heavy atom. The van der Waals surface area contributed by atoms with Crippen LogP contribution in [0.4, 0.5) is 0 Å². The molecule has 0 aliphatic heterocycles. The van der Waals surface area contributed by atoms with Crippen LogP contribution in [0.2, 0.25) is 0 Å². The zero-order valence-electron chi connectivity index (χ0n) is 2.41. The van der Waals surface area contributed by atoms with Gasteiger partial charge in [-0.15, -0.1) is 0 Å². The molecule has 0 aliphatic carbocycles. The molecule has 0 spiro atoms. The van der Waals surface area contributed by atoms with Crippen LogP contribution in [-0.4, -0.2) is 14.2 Å². The van der Waals surface area contributed by atoms with Gasteiger partial charge in [0.05, 0.1) is 0 Å². The molecule has 0 atom stereocenters. The molecule has 0 saturated heterocycles. The molecule has 108 valence electrons. The number of rotatable bonds is 0. The standard InChI is InChI=1S/C2H6O.11CH4/c1-3-2;;;;;;;;;;;/h1-2H3;11*1H4. The minimum absolute atomic E-state index is 0. The number of hydrogen-bond acceptors (Lipinski definition) is 1. The van der Waals surface area contributed by atoms with Gasteiger partial charge in [0.1, 0.15) is 0 Å². The molecule has 0 radical (unpaired) electrons. The highest BCUT2D eigenvalue weighted by Crippen LogP contribution is 1.28. The zero-order valence-corrected chi connectivity index (χ0v) is 2.41. The van der Waals surface area contributed by atoms with Gasteiger partial charge in [-0.2, -0.15) is 0 Å². The molecule has 0 saturated carbocycles. The SMILES string of the molecule is C.C.C.C.C.C.C.C.C.C.C.COC. The van der Waals surface area contributed by atoms with Gasteiger partial charge >= 0.3 is 0 Å². The third-order valence-electron chi connectivity index (χ3n) is 0. The van der Waals surface area contributed by atoms with Crippen molar-refractivity contribution >= 4 is 0 Å². The third-order valence-corrected chi connectivity index (χ3v) is 0. The van der Waals surface area contributed by atoms with Crippen LogP contribution in [0, 0.1) is 0 Å². The molecule has 14 heavy (non-hydrogen) atoms. The largest absolute Gasteiger partial charge is 0.388 e. The predicted molar refractivity (Wildman–Crippen MR) is 87.0 cm³/mol. The lowest BCUT2D eigenvalue weighted by Crippen LogP contribution is -1.55. The molecule has 1 nitrogen and oxygen atoms in total. The molecule has 0 N–H and O–H groups in total. The number of ether oxygens (including phenoxy) is 1. The first-order valence-electron chi connectivity index (χ1n) is 0.816. The van der Waals surface area contributed by atoms with Gasteiger partial charge in [0.15, 0.2) is 0 Å². The summed E-state index contributed by atoms with van der Waals surface area (Å²) in [6.45, 7) is 0. The summed E-state index contributed by atoms with van der Waals surface area (Å²) < 4.78 is 4.25. The van der Waals surface area contributed by atoms with Crippen molar-refractivity contribution in [2.24, 2.45) is 0 Å². The van der Waals surface area contributed by atoms with Gasteiger partial charge in [-0.05, 0) is 0 Å². The maximum absolute atomic E-state index is 4.25. The van der Waals surface area contributed by atoms with E-state index in [0.29, 0.717) is 0 Å². The molecule has 0 heterocycles. The van der Waals surface area contributed by atoms with Crippen LogP contribution in [0.15, 0.2) is 0 Å². The summed E-state index contributed by atoms with van der Waals surface area (Å²) in [5.41, 5.74) is 0. The first kappa shape index (κ1) is 610. The lowest BCUT2D eigenvalue weighted by atomic mass is 11.6. The molecule has 0 bridgehead atoms. The minimum Gasteiger partial charge on any atom is -0.388 e. The summed E-state index contributed by atoms with van der Waals surface area (Å²) in [5, 5.41) is 0. The molecule has 0 aromatic rings. The predicted octanol–water partition coefficient (Wildman–Crippen LogP) is 7.26. The van der Waals surface area contributed by atoms with E-state index in [1.807, 2.05) is 0 Å². The van der Waals surface area contributed by atoms with Gasteiger partial charge in [0, 0.05) is 14.2 Å². The fraction of sp³-hybridized carbons (Fsp3) is 1.00. The lowest BCUT2D eigenvalue weighted by Gasteiger charge is -1.61. The normalized spacial score (nSPS) is 1.29. The van der Waals surface area contributed by atoms with Crippen LogP contribution < -0.4 is 0 Å². The van der Waals surface area contributed by atoms with Gasteiger partial charge in [0.25, 0.3) is 0 Å². The Kier molecular flexibility index (Phi) is 87700. The maximum atomic E-state index is 4.25. The molecule has 0 aromatic carbocycles. The molecule has 1 heteroatoms. The average Bonchev–Trinajstić information content (AvgIpc) is 0.918. The van der Waals surface area contributed by atoms with E-state index >= 15 is 0 Å². The number of hydrogen-bond donors (Lipinski definition) is 0.